The summed E-state index contributed by atoms with van der Waals surface area (Å²) in [7, 11) is 0. The molecule has 0 radical (unpaired) electrons. The normalized spacial score (nSPS) is 17.2. The zero-order valence-corrected chi connectivity index (χ0v) is 18.0. The lowest BCUT2D eigenvalue weighted by atomic mass is 10.2. The number of hydrogen-bond donors (Lipinski definition) is 2. The molecular formula is C16H30IN5OS. The molecule has 0 saturated carbocycles. The van der Waals surface area contributed by atoms with E-state index in [1.165, 1.54) is 0 Å². The molecule has 1 aliphatic rings. The molecular weight excluding hydrogens is 437 g/mol. The Hall–Kier alpha value is -0.450. The summed E-state index contributed by atoms with van der Waals surface area (Å²) in [6, 6.07) is 0.440. The Balaban J connectivity index is 0.00000288. The van der Waals surface area contributed by atoms with Gasteiger partial charge >= 0.3 is 0 Å². The molecule has 1 atom stereocenters. The maximum Gasteiger partial charge on any atom is 0.191 e. The number of rotatable bonds is 7. The standard InChI is InChI=1S/C16H29N5OS.HI/c1-4-17-16(18-6-5-15-12-23-14(3)20-15)19-11-13(2)21-7-9-22-10-8-21;/h12-13H,4-11H2,1-3H3,(H2,17,18,19);1H. The largest absolute Gasteiger partial charge is 0.379 e. The third-order valence-electron chi connectivity index (χ3n) is 3.87. The fourth-order valence-corrected chi connectivity index (χ4v) is 3.18. The van der Waals surface area contributed by atoms with Crippen LogP contribution >= 0.6 is 35.3 Å². The molecule has 0 spiro atoms. The Morgan fingerprint density at radius 3 is 2.79 bits per heavy atom. The van der Waals surface area contributed by atoms with Crippen LogP contribution in [0.5, 0.6) is 0 Å². The summed E-state index contributed by atoms with van der Waals surface area (Å²) in [5.74, 6) is 0.888. The zero-order chi connectivity index (χ0) is 16.5. The summed E-state index contributed by atoms with van der Waals surface area (Å²) in [6.45, 7) is 12.6. The molecule has 1 unspecified atom stereocenters. The van der Waals surface area contributed by atoms with Crippen molar-refractivity contribution in [2.45, 2.75) is 33.2 Å². The van der Waals surface area contributed by atoms with Crippen LogP contribution in [0.25, 0.3) is 0 Å². The summed E-state index contributed by atoms with van der Waals surface area (Å²) >= 11 is 1.70. The van der Waals surface area contributed by atoms with Crippen molar-refractivity contribution >= 4 is 41.3 Å². The van der Waals surface area contributed by atoms with Crippen LogP contribution in [0.2, 0.25) is 0 Å². The zero-order valence-electron chi connectivity index (χ0n) is 14.9. The summed E-state index contributed by atoms with van der Waals surface area (Å²) in [6.07, 6.45) is 0.924. The third-order valence-corrected chi connectivity index (χ3v) is 4.69. The highest BCUT2D eigenvalue weighted by Gasteiger charge is 2.16. The number of morpholine rings is 1. The smallest absolute Gasteiger partial charge is 0.191 e. The third kappa shape index (κ3) is 7.62. The number of aromatic nitrogens is 1. The molecule has 0 amide bonds. The van der Waals surface area contributed by atoms with Crippen molar-refractivity contribution in [2.75, 3.05) is 45.9 Å². The number of aryl methyl sites for hydroxylation is 1. The first kappa shape index (κ1) is 21.6. The lowest BCUT2D eigenvalue weighted by molar-refractivity contribution is 0.0220. The van der Waals surface area contributed by atoms with Crippen LogP contribution < -0.4 is 10.6 Å². The van der Waals surface area contributed by atoms with Crippen molar-refractivity contribution in [3.05, 3.63) is 16.1 Å². The van der Waals surface area contributed by atoms with Crippen LogP contribution in [0.15, 0.2) is 10.4 Å². The number of guanidine groups is 1. The topological polar surface area (TPSA) is 61.8 Å². The maximum atomic E-state index is 5.40. The molecule has 8 heteroatoms. The van der Waals surface area contributed by atoms with E-state index in [2.05, 4.69) is 39.7 Å². The quantitative estimate of drug-likeness (QED) is 0.365. The Kier molecular flexibility index (Phi) is 10.8. The van der Waals surface area contributed by atoms with Crippen LogP contribution in [0.1, 0.15) is 24.5 Å². The fourth-order valence-electron chi connectivity index (χ4n) is 2.53. The van der Waals surface area contributed by atoms with Crippen LogP contribution in [0, 0.1) is 6.92 Å². The molecule has 2 rings (SSSR count). The Bertz CT molecular complexity index is 491. The molecule has 1 aliphatic heterocycles. The van der Waals surface area contributed by atoms with E-state index in [1.807, 2.05) is 6.92 Å². The number of hydrogen-bond acceptors (Lipinski definition) is 5. The Morgan fingerprint density at radius 1 is 1.42 bits per heavy atom. The number of thiazole rings is 1. The molecule has 0 bridgehead atoms. The molecule has 0 aliphatic carbocycles. The molecule has 2 heterocycles. The number of ether oxygens (including phenoxy) is 1. The number of nitrogens with zero attached hydrogens (tertiary/aromatic N) is 3. The van der Waals surface area contributed by atoms with E-state index in [1.54, 1.807) is 11.3 Å². The van der Waals surface area contributed by atoms with E-state index in [4.69, 9.17) is 9.73 Å². The van der Waals surface area contributed by atoms with Gasteiger partial charge in [-0.25, -0.2) is 4.98 Å². The van der Waals surface area contributed by atoms with Gasteiger partial charge < -0.3 is 15.4 Å². The van der Waals surface area contributed by atoms with Crippen LogP contribution in [-0.2, 0) is 11.2 Å². The van der Waals surface area contributed by atoms with Gasteiger partial charge in [-0.2, -0.15) is 0 Å². The predicted molar refractivity (Wildman–Crippen MR) is 112 cm³/mol. The minimum absolute atomic E-state index is 0. The molecule has 1 saturated heterocycles. The second-order valence-corrected chi connectivity index (χ2v) is 6.81. The van der Waals surface area contributed by atoms with Crippen molar-refractivity contribution < 1.29 is 4.74 Å². The number of halogens is 1. The monoisotopic (exact) mass is 467 g/mol. The second kappa shape index (κ2) is 12.0. The lowest BCUT2D eigenvalue weighted by Gasteiger charge is -2.31. The van der Waals surface area contributed by atoms with Gasteiger partial charge in [0.1, 0.15) is 0 Å². The van der Waals surface area contributed by atoms with Gasteiger partial charge in [0.05, 0.1) is 30.5 Å². The molecule has 24 heavy (non-hydrogen) atoms. The second-order valence-electron chi connectivity index (χ2n) is 5.75. The lowest BCUT2D eigenvalue weighted by Crippen LogP contribution is -2.44. The molecule has 1 aromatic heterocycles. The summed E-state index contributed by atoms with van der Waals surface area (Å²) in [4.78, 5) is 11.6. The summed E-state index contributed by atoms with van der Waals surface area (Å²) in [5.41, 5.74) is 1.15. The summed E-state index contributed by atoms with van der Waals surface area (Å²) in [5, 5.41) is 9.96. The molecule has 138 valence electrons. The van der Waals surface area contributed by atoms with E-state index < -0.39 is 0 Å². The van der Waals surface area contributed by atoms with E-state index in [0.29, 0.717) is 6.04 Å². The molecule has 1 fully saturated rings. The van der Waals surface area contributed by atoms with Crippen LogP contribution in [0.3, 0.4) is 0 Å². The summed E-state index contributed by atoms with van der Waals surface area (Å²) < 4.78 is 5.40. The van der Waals surface area contributed by atoms with Gasteiger partial charge in [-0.05, 0) is 20.8 Å². The van der Waals surface area contributed by atoms with Gasteiger partial charge in [0, 0.05) is 44.0 Å². The SMILES string of the molecule is CCNC(=NCC(C)N1CCOCC1)NCCc1csc(C)n1.I. The first-order chi connectivity index (χ1) is 11.2. The predicted octanol–water partition coefficient (Wildman–Crippen LogP) is 1.89. The number of aliphatic imine (C=N–C) groups is 1. The highest BCUT2D eigenvalue weighted by molar-refractivity contribution is 14.0. The van der Waals surface area contributed by atoms with Crippen molar-refractivity contribution in [3.8, 4) is 0 Å². The Morgan fingerprint density at radius 2 is 2.17 bits per heavy atom. The highest BCUT2D eigenvalue weighted by atomic mass is 127. The average molecular weight is 467 g/mol. The fraction of sp³-hybridized carbons (Fsp3) is 0.750. The molecule has 0 aromatic carbocycles. The highest BCUT2D eigenvalue weighted by Crippen LogP contribution is 2.07. The van der Waals surface area contributed by atoms with Gasteiger partial charge in [0.15, 0.2) is 5.96 Å². The number of nitrogens with one attached hydrogen (secondary N) is 2. The van der Waals surface area contributed by atoms with E-state index in [-0.39, 0.29) is 24.0 Å². The maximum absolute atomic E-state index is 5.40. The van der Waals surface area contributed by atoms with Crippen molar-refractivity contribution in [1.29, 1.82) is 0 Å². The molecule has 1 aromatic rings. The van der Waals surface area contributed by atoms with Crippen LogP contribution in [-0.4, -0.2) is 67.8 Å². The Labute approximate surface area is 166 Å². The first-order valence-corrected chi connectivity index (χ1v) is 9.32. The minimum Gasteiger partial charge on any atom is -0.379 e. The van der Waals surface area contributed by atoms with Crippen LogP contribution in [0.4, 0.5) is 0 Å². The van der Waals surface area contributed by atoms with Gasteiger partial charge in [-0.1, -0.05) is 0 Å². The average Bonchev–Trinajstić information content (AvgIpc) is 2.98. The molecule has 6 nitrogen and oxygen atoms in total. The minimum atomic E-state index is 0. The molecule has 2 N–H and O–H groups in total. The van der Waals surface area contributed by atoms with E-state index >= 15 is 0 Å². The van der Waals surface area contributed by atoms with Gasteiger partial charge in [0.2, 0.25) is 0 Å². The van der Waals surface area contributed by atoms with Crippen molar-refractivity contribution in [3.63, 3.8) is 0 Å². The van der Waals surface area contributed by atoms with Crippen molar-refractivity contribution in [1.82, 2.24) is 20.5 Å². The van der Waals surface area contributed by atoms with Gasteiger partial charge in [-0.3, -0.25) is 9.89 Å². The van der Waals surface area contributed by atoms with Gasteiger partial charge in [-0.15, -0.1) is 35.3 Å². The van der Waals surface area contributed by atoms with E-state index in [9.17, 15) is 0 Å². The van der Waals surface area contributed by atoms with E-state index in [0.717, 1.165) is 69.0 Å². The van der Waals surface area contributed by atoms with Crippen molar-refractivity contribution in [2.24, 2.45) is 4.99 Å². The van der Waals surface area contributed by atoms with Gasteiger partial charge in [0.25, 0.3) is 0 Å². The first-order valence-electron chi connectivity index (χ1n) is 8.44.